The highest BCUT2D eigenvalue weighted by Gasteiger charge is 2.31. The van der Waals surface area contributed by atoms with Crippen molar-refractivity contribution >= 4 is 17.3 Å². The Labute approximate surface area is 126 Å². The smallest absolute Gasteiger partial charge is 0.240 e. The Morgan fingerprint density at radius 1 is 1.43 bits per heavy atom. The first kappa shape index (κ1) is 15.8. The van der Waals surface area contributed by atoms with Crippen molar-refractivity contribution in [2.75, 3.05) is 44.4 Å². The molecule has 2 N–H and O–H groups in total. The molecule has 0 saturated carbocycles. The van der Waals surface area contributed by atoms with Crippen molar-refractivity contribution in [3.05, 3.63) is 24.3 Å². The number of carbonyl (C=O) groups excluding carboxylic acids is 1. The lowest BCUT2D eigenvalue weighted by Gasteiger charge is -2.39. The molecule has 0 aliphatic carbocycles. The van der Waals surface area contributed by atoms with Crippen molar-refractivity contribution in [2.24, 2.45) is 0 Å². The maximum absolute atomic E-state index is 12.4. The van der Waals surface area contributed by atoms with Gasteiger partial charge in [-0.05, 0) is 50.6 Å². The van der Waals surface area contributed by atoms with Crippen LogP contribution in [-0.4, -0.2) is 50.2 Å². The van der Waals surface area contributed by atoms with Crippen LogP contribution in [0.4, 0.5) is 11.4 Å². The summed E-state index contributed by atoms with van der Waals surface area (Å²) in [6.45, 7) is 4.26. The summed E-state index contributed by atoms with van der Waals surface area (Å²) in [6.07, 6.45) is 2.10. The van der Waals surface area contributed by atoms with Crippen molar-refractivity contribution in [2.45, 2.75) is 25.4 Å². The molecule has 1 aliphatic heterocycles. The number of hydrogen-bond acceptors (Lipinski definition) is 4. The number of benzene rings is 1. The number of amides is 1. The van der Waals surface area contributed by atoms with Gasteiger partial charge in [-0.15, -0.1) is 0 Å². The lowest BCUT2D eigenvalue weighted by atomic mass is 9.95. The van der Waals surface area contributed by atoms with Crippen molar-refractivity contribution < 1.29 is 9.53 Å². The van der Waals surface area contributed by atoms with E-state index in [2.05, 4.69) is 11.8 Å². The summed E-state index contributed by atoms with van der Waals surface area (Å²) in [5, 5.41) is 0. The number of likely N-dealkylation sites (tertiary alicyclic amines) is 1. The zero-order chi connectivity index (χ0) is 15.5. The van der Waals surface area contributed by atoms with Gasteiger partial charge in [0.15, 0.2) is 0 Å². The molecule has 2 rings (SSSR count). The quantitative estimate of drug-likeness (QED) is 0.858. The van der Waals surface area contributed by atoms with E-state index in [9.17, 15) is 4.79 Å². The normalized spacial score (nSPS) is 23.0. The maximum atomic E-state index is 12.4. The zero-order valence-corrected chi connectivity index (χ0v) is 13.1. The number of nitrogens with zero attached hydrogens (tertiary/aromatic N) is 2. The van der Waals surface area contributed by atoms with Crippen LogP contribution in [0.25, 0.3) is 0 Å². The van der Waals surface area contributed by atoms with E-state index in [0.29, 0.717) is 12.2 Å². The van der Waals surface area contributed by atoms with Gasteiger partial charge in [0.25, 0.3) is 0 Å². The highest BCUT2D eigenvalue weighted by Crippen LogP contribution is 2.24. The van der Waals surface area contributed by atoms with E-state index in [-0.39, 0.29) is 11.5 Å². The van der Waals surface area contributed by atoms with Crippen LogP contribution >= 0.6 is 0 Å². The van der Waals surface area contributed by atoms with Gasteiger partial charge in [0.1, 0.15) is 0 Å². The Morgan fingerprint density at radius 3 is 2.71 bits per heavy atom. The summed E-state index contributed by atoms with van der Waals surface area (Å²) in [5.74, 6) is 0.0834. The largest absolute Gasteiger partial charge is 0.399 e. The van der Waals surface area contributed by atoms with Crippen LogP contribution in [0.15, 0.2) is 24.3 Å². The fourth-order valence-electron chi connectivity index (χ4n) is 2.75. The number of carbonyl (C=O) groups is 1. The van der Waals surface area contributed by atoms with Gasteiger partial charge in [0.05, 0.1) is 12.1 Å². The van der Waals surface area contributed by atoms with E-state index in [1.807, 2.05) is 24.3 Å². The molecule has 0 radical (unpaired) electrons. The van der Waals surface area contributed by atoms with E-state index in [1.54, 1.807) is 19.1 Å². The van der Waals surface area contributed by atoms with Gasteiger partial charge in [0, 0.05) is 32.1 Å². The van der Waals surface area contributed by atoms with Gasteiger partial charge in [-0.2, -0.15) is 0 Å². The number of hydrogen-bond donors (Lipinski definition) is 1. The minimum Gasteiger partial charge on any atom is -0.399 e. The van der Waals surface area contributed by atoms with Gasteiger partial charge in [-0.3, -0.25) is 9.69 Å². The fraction of sp³-hybridized carbons (Fsp3) is 0.562. The van der Waals surface area contributed by atoms with Crippen LogP contribution in [0.5, 0.6) is 0 Å². The summed E-state index contributed by atoms with van der Waals surface area (Å²) >= 11 is 0. The minimum absolute atomic E-state index is 0.0834. The molecule has 5 heteroatoms. The van der Waals surface area contributed by atoms with E-state index < -0.39 is 0 Å². The number of piperidine rings is 1. The first-order valence-corrected chi connectivity index (χ1v) is 7.33. The molecule has 0 aromatic heterocycles. The topological polar surface area (TPSA) is 58.8 Å². The van der Waals surface area contributed by atoms with Crippen LogP contribution in [0, 0.1) is 0 Å². The molecule has 1 unspecified atom stereocenters. The molecule has 0 bridgehead atoms. The number of methoxy groups -OCH3 is 1. The molecule has 1 saturated heterocycles. The number of rotatable bonds is 4. The Bertz CT molecular complexity index is 489. The molecule has 1 aromatic rings. The van der Waals surface area contributed by atoms with E-state index in [1.165, 1.54) is 0 Å². The van der Waals surface area contributed by atoms with Gasteiger partial charge in [0.2, 0.25) is 5.91 Å². The standard InChI is InChI=1S/C16H25N3O2/c1-16(21-3)9-4-10-19(12-16)11-15(20)18(2)14-7-5-13(17)6-8-14/h5-8H,4,9-12,17H2,1-3H3. The first-order chi connectivity index (χ1) is 9.93. The second-order valence-corrected chi connectivity index (χ2v) is 6.01. The van der Waals surface area contributed by atoms with Gasteiger partial charge in [-0.25, -0.2) is 0 Å². The molecule has 1 atom stereocenters. The highest BCUT2D eigenvalue weighted by atomic mass is 16.5. The molecule has 0 spiro atoms. The Hall–Kier alpha value is -1.59. The predicted molar refractivity (Wildman–Crippen MR) is 85.4 cm³/mol. The van der Waals surface area contributed by atoms with Crippen LogP contribution in [0.2, 0.25) is 0 Å². The second kappa shape index (κ2) is 6.45. The predicted octanol–water partition coefficient (Wildman–Crippen LogP) is 1.73. The molecule has 1 heterocycles. The average molecular weight is 291 g/mol. The Kier molecular flexibility index (Phi) is 4.85. The van der Waals surface area contributed by atoms with Crippen molar-refractivity contribution in [1.82, 2.24) is 4.90 Å². The Balaban J connectivity index is 1.96. The molecule has 1 amide bonds. The average Bonchev–Trinajstić information content (AvgIpc) is 2.47. The van der Waals surface area contributed by atoms with Crippen LogP contribution in [0.3, 0.4) is 0 Å². The first-order valence-electron chi connectivity index (χ1n) is 7.33. The molecular weight excluding hydrogens is 266 g/mol. The van der Waals surface area contributed by atoms with Crippen LogP contribution in [0.1, 0.15) is 19.8 Å². The van der Waals surface area contributed by atoms with Crippen molar-refractivity contribution in [3.63, 3.8) is 0 Å². The van der Waals surface area contributed by atoms with Crippen molar-refractivity contribution in [3.8, 4) is 0 Å². The molecule has 116 valence electrons. The molecule has 1 aromatic carbocycles. The summed E-state index contributed by atoms with van der Waals surface area (Å²) in [5.41, 5.74) is 7.09. The SMILES string of the molecule is COC1(C)CCCN(CC(=O)N(C)c2ccc(N)cc2)C1. The van der Waals surface area contributed by atoms with Gasteiger partial charge < -0.3 is 15.4 Å². The van der Waals surface area contributed by atoms with Crippen LogP contribution in [-0.2, 0) is 9.53 Å². The third-order valence-electron chi connectivity index (χ3n) is 4.24. The lowest BCUT2D eigenvalue weighted by Crippen LogP contribution is -2.50. The number of likely N-dealkylation sites (N-methyl/N-ethyl adjacent to an activating group) is 1. The van der Waals surface area contributed by atoms with E-state index in [0.717, 1.165) is 31.6 Å². The molecule has 5 nitrogen and oxygen atoms in total. The number of nitrogens with two attached hydrogens (primary N) is 1. The Morgan fingerprint density at radius 2 is 2.10 bits per heavy atom. The zero-order valence-electron chi connectivity index (χ0n) is 13.1. The molecular formula is C16H25N3O2. The monoisotopic (exact) mass is 291 g/mol. The number of ether oxygens (including phenoxy) is 1. The summed E-state index contributed by atoms with van der Waals surface area (Å²) in [7, 11) is 3.54. The summed E-state index contributed by atoms with van der Waals surface area (Å²) in [6, 6.07) is 7.34. The van der Waals surface area contributed by atoms with Gasteiger partial charge >= 0.3 is 0 Å². The second-order valence-electron chi connectivity index (χ2n) is 6.01. The third kappa shape index (κ3) is 3.95. The highest BCUT2D eigenvalue weighted by molar-refractivity contribution is 5.94. The molecule has 21 heavy (non-hydrogen) atoms. The fourth-order valence-corrected chi connectivity index (χ4v) is 2.75. The molecule has 1 fully saturated rings. The maximum Gasteiger partial charge on any atom is 0.240 e. The minimum atomic E-state index is -0.141. The van der Waals surface area contributed by atoms with E-state index >= 15 is 0 Å². The van der Waals surface area contributed by atoms with Gasteiger partial charge in [-0.1, -0.05) is 0 Å². The molecule has 1 aliphatic rings. The van der Waals surface area contributed by atoms with E-state index in [4.69, 9.17) is 10.5 Å². The number of anilines is 2. The lowest BCUT2D eigenvalue weighted by molar-refractivity contribution is -0.121. The van der Waals surface area contributed by atoms with Crippen LogP contribution < -0.4 is 10.6 Å². The summed E-state index contributed by atoms with van der Waals surface area (Å²) in [4.78, 5) is 16.3. The summed E-state index contributed by atoms with van der Waals surface area (Å²) < 4.78 is 5.57. The van der Waals surface area contributed by atoms with Crippen molar-refractivity contribution in [1.29, 1.82) is 0 Å². The number of nitrogen functional groups attached to an aromatic ring is 1. The third-order valence-corrected chi connectivity index (χ3v) is 4.24.